The van der Waals surface area contributed by atoms with Crippen molar-refractivity contribution in [3.63, 3.8) is 0 Å². The number of nitrogens with one attached hydrogen (secondary N) is 1. The van der Waals surface area contributed by atoms with Gasteiger partial charge in [-0.2, -0.15) is 0 Å². The Morgan fingerprint density at radius 3 is 3.08 bits per heavy atom. The monoisotopic (exact) mass is 326 g/mol. The Bertz CT molecular complexity index is 775. The lowest BCUT2D eigenvalue weighted by Gasteiger charge is -2.24. The first-order chi connectivity index (χ1) is 11.6. The molecule has 1 aliphatic rings. The SMILES string of the molecule is C=CCNC(=O)C1CCCN1c1nc(C)c2cc(OC)ccc2n1. The summed E-state index contributed by atoms with van der Waals surface area (Å²) < 4.78 is 5.27. The Kier molecular flexibility index (Phi) is 4.64. The van der Waals surface area contributed by atoms with E-state index in [2.05, 4.69) is 21.9 Å². The third kappa shape index (κ3) is 3.04. The van der Waals surface area contributed by atoms with Gasteiger partial charge in [-0.05, 0) is 38.0 Å². The second kappa shape index (κ2) is 6.86. The van der Waals surface area contributed by atoms with E-state index in [4.69, 9.17) is 4.74 Å². The highest BCUT2D eigenvalue weighted by Gasteiger charge is 2.32. The fourth-order valence-electron chi connectivity index (χ4n) is 3.07. The minimum absolute atomic E-state index is 0.00322. The molecule has 1 aromatic heterocycles. The van der Waals surface area contributed by atoms with Gasteiger partial charge in [-0.3, -0.25) is 4.79 Å². The lowest BCUT2D eigenvalue weighted by molar-refractivity contribution is -0.122. The molecule has 1 saturated heterocycles. The quantitative estimate of drug-likeness (QED) is 0.853. The molecule has 1 aliphatic heterocycles. The fourth-order valence-corrected chi connectivity index (χ4v) is 3.07. The molecule has 2 heterocycles. The van der Waals surface area contributed by atoms with Crippen LogP contribution in [-0.4, -0.2) is 42.1 Å². The molecule has 0 spiro atoms. The molecule has 1 aromatic carbocycles. The Balaban J connectivity index is 1.93. The summed E-state index contributed by atoms with van der Waals surface area (Å²) in [6, 6.07) is 5.53. The molecule has 1 fully saturated rings. The van der Waals surface area contributed by atoms with Gasteiger partial charge in [0.25, 0.3) is 0 Å². The zero-order valence-electron chi connectivity index (χ0n) is 14.1. The van der Waals surface area contributed by atoms with Gasteiger partial charge in [-0.25, -0.2) is 9.97 Å². The third-order valence-corrected chi connectivity index (χ3v) is 4.31. The number of aryl methyl sites for hydroxylation is 1. The third-order valence-electron chi connectivity index (χ3n) is 4.31. The van der Waals surface area contributed by atoms with Gasteiger partial charge in [0.1, 0.15) is 11.8 Å². The number of nitrogens with zero attached hydrogens (tertiary/aromatic N) is 3. The zero-order valence-corrected chi connectivity index (χ0v) is 14.1. The van der Waals surface area contributed by atoms with Crippen LogP contribution in [0.25, 0.3) is 10.9 Å². The van der Waals surface area contributed by atoms with E-state index in [0.29, 0.717) is 12.5 Å². The summed E-state index contributed by atoms with van der Waals surface area (Å²) in [5.74, 6) is 1.40. The van der Waals surface area contributed by atoms with Crippen LogP contribution in [0.4, 0.5) is 5.95 Å². The van der Waals surface area contributed by atoms with Crippen LogP contribution in [0.15, 0.2) is 30.9 Å². The van der Waals surface area contributed by atoms with E-state index in [9.17, 15) is 4.79 Å². The van der Waals surface area contributed by atoms with Crippen molar-refractivity contribution in [1.29, 1.82) is 0 Å². The van der Waals surface area contributed by atoms with Gasteiger partial charge in [0.2, 0.25) is 11.9 Å². The van der Waals surface area contributed by atoms with E-state index in [1.807, 2.05) is 30.0 Å². The second-order valence-corrected chi connectivity index (χ2v) is 5.88. The maximum atomic E-state index is 12.3. The van der Waals surface area contributed by atoms with Crippen molar-refractivity contribution in [2.24, 2.45) is 0 Å². The molecular formula is C18H22N4O2. The topological polar surface area (TPSA) is 67.4 Å². The molecule has 0 aliphatic carbocycles. The van der Waals surface area contributed by atoms with Crippen molar-refractivity contribution in [3.05, 3.63) is 36.5 Å². The van der Waals surface area contributed by atoms with Crippen molar-refractivity contribution in [2.75, 3.05) is 25.1 Å². The van der Waals surface area contributed by atoms with Crippen molar-refractivity contribution >= 4 is 22.8 Å². The average molecular weight is 326 g/mol. The summed E-state index contributed by atoms with van der Waals surface area (Å²) in [5, 5.41) is 3.83. The lowest BCUT2D eigenvalue weighted by atomic mass is 10.2. The average Bonchev–Trinajstić information content (AvgIpc) is 3.09. The van der Waals surface area contributed by atoms with Gasteiger partial charge in [0.15, 0.2) is 0 Å². The smallest absolute Gasteiger partial charge is 0.243 e. The molecule has 0 radical (unpaired) electrons. The summed E-state index contributed by atoms with van der Waals surface area (Å²) in [5.41, 5.74) is 1.74. The van der Waals surface area contributed by atoms with E-state index >= 15 is 0 Å². The number of benzene rings is 1. The summed E-state index contributed by atoms with van der Waals surface area (Å²) >= 11 is 0. The van der Waals surface area contributed by atoms with Crippen LogP contribution >= 0.6 is 0 Å². The first-order valence-corrected chi connectivity index (χ1v) is 8.11. The molecule has 0 saturated carbocycles. The molecule has 1 N–H and O–H groups in total. The first kappa shape index (κ1) is 16.2. The number of amides is 1. The molecule has 1 unspecified atom stereocenters. The van der Waals surface area contributed by atoms with Gasteiger partial charge in [0, 0.05) is 18.5 Å². The van der Waals surface area contributed by atoms with Gasteiger partial charge in [-0.1, -0.05) is 6.08 Å². The summed E-state index contributed by atoms with van der Waals surface area (Å²) in [6.45, 7) is 6.85. The Morgan fingerprint density at radius 2 is 2.33 bits per heavy atom. The number of hydrogen-bond donors (Lipinski definition) is 1. The molecule has 0 bridgehead atoms. The molecule has 24 heavy (non-hydrogen) atoms. The van der Waals surface area contributed by atoms with E-state index in [1.165, 1.54) is 0 Å². The first-order valence-electron chi connectivity index (χ1n) is 8.11. The largest absolute Gasteiger partial charge is 0.497 e. The number of rotatable bonds is 5. The number of carbonyl (C=O) groups is 1. The molecule has 3 rings (SSSR count). The van der Waals surface area contributed by atoms with Crippen LogP contribution in [0.5, 0.6) is 5.75 Å². The molecule has 6 heteroatoms. The van der Waals surface area contributed by atoms with Gasteiger partial charge in [0.05, 0.1) is 18.3 Å². The number of fused-ring (bicyclic) bond motifs is 1. The van der Waals surface area contributed by atoms with Crippen LogP contribution in [0.1, 0.15) is 18.5 Å². The number of methoxy groups -OCH3 is 1. The Morgan fingerprint density at radius 1 is 1.50 bits per heavy atom. The molecular weight excluding hydrogens is 304 g/mol. The zero-order chi connectivity index (χ0) is 17.1. The molecule has 2 aromatic rings. The number of carbonyl (C=O) groups excluding carboxylic acids is 1. The van der Waals surface area contributed by atoms with Crippen molar-refractivity contribution in [3.8, 4) is 5.75 Å². The highest BCUT2D eigenvalue weighted by Crippen LogP contribution is 2.27. The maximum Gasteiger partial charge on any atom is 0.243 e. The van der Waals surface area contributed by atoms with Crippen LogP contribution in [0, 0.1) is 6.92 Å². The molecule has 126 valence electrons. The van der Waals surface area contributed by atoms with Crippen LogP contribution in [-0.2, 0) is 4.79 Å². The number of aromatic nitrogens is 2. The van der Waals surface area contributed by atoms with Gasteiger partial charge < -0.3 is 15.0 Å². The molecule has 6 nitrogen and oxygen atoms in total. The van der Waals surface area contributed by atoms with Crippen molar-refractivity contribution in [1.82, 2.24) is 15.3 Å². The highest BCUT2D eigenvalue weighted by atomic mass is 16.5. The fraction of sp³-hybridized carbons (Fsp3) is 0.389. The predicted molar refractivity (Wildman–Crippen MR) is 94.4 cm³/mol. The van der Waals surface area contributed by atoms with Crippen LogP contribution in [0.3, 0.4) is 0 Å². The number of ether oxygens (including phenoxy) is 1. The van der Waals surface area contributed by atoms with E-state index < -0.39 is 0 Å². The Labute approximate surface area is 141 Å². The van der Waals surface area contributed by atoms with E-state index in [-0.39, 0.29) is 11.9 Å². The second-order valence-electron chi connectivity index (χ2n) is 5.88. The van der Waals surface area contributed by atoms with E-state index in [1.54, 1.807) is 13.2 Å². The minimum Gasteiger partial charge on any atom is -0.497 e. The maximum absolute atomic E-state index is 12.3. The van der Waals surface area contributed by atoms with E-state index in [0.717, 1.165) is 41.7 Å². The normalized spacial score (nSPS) is 17.1. The van der Waals surface area contributed by atoms with Gasteiger partial charge in [-0.15, -0.1) is 6.58 Å². The number of anilines is 1. The summed E-state index contributed by atoms with van der Waals surface area (Å²) in [4.78, 5) is 23.6. The Hall–Kier alpha value is -2.63. The standard InChI is InChI=1S/C18H22N4O2/c1-4-9-19-17(23)16-6-5-10-22(16)18-20-12(2)14-11-13(24-3)7-8-15(14)21-18/h4,7-8,11,16H,1,5-6,9-10H2,2-3H3,(H,19,23). The lowest BCUT2D eigenvalue weighted by Crippen LogP contribution is -2.44. The van der Waals surface area contributed by atoms with Crippen LogP contribution in [0.2, 0.25) is 0 Å². The van der Waals surface area contributed by atoms with Crippen molar-refractivity contribution < 1.29 is 9.53 Å². The molecule has 1 atom stereocenters. The molecule has 1 amide bonds. The van der Waals surface area contributed by atoms with Crippen LogP contribution < -0.4 is 15.0 Å². The van der Waals surface area contributed by atoms with Crippen molar-refractivity contribution in [2.45, 2.75) is 25.8 Å². The van der Waals surface area contributed by atoms with Gasteiger partial charge >= 0.3 is 0 Å². The summed E-state index contributed by atoms with van der Waals surface area (Å²) in [6.07, 6.45) is 3.45. The highest BCUT2D eigenvalue weighted by molar-refractivity contribution is 5.87. The number of hydrogen-bond acceptors (Lipinski definition) is 5. The predicted octanol–water partition coefficient (Wildman–Crippen LogP) is 2.22. The summed E-state index contributed by atoms with van der Waals surface area (Å²) in [7, 11) is 1.64. The minimum atomic E-state index is -0.222.